The van der Waals surface area contributed by atoms with Crippen LogP contribution in [0.15, 0.2) is 4.99 Å². The second kappa shape index (κ2) is 4.75. The lowest BCUT2D eigenvalue weighted by molar-refractivity contribution is 0.210. The Bertz CT molecular complexity index is 162. The molecule has 0 aromatic rings. The predicted octanol–water partition coefficient (Wildman–Crippen LogP) is 2.07. The molecule has 2 nitrogen and oxygen atoms in total. The van der Waals surface area contributed by atoms with Crippen LogP contribution in [-0.4, -0.2) is 35.5 Å². The van der Waals surface area contributed by atoms with Crippen LogP contribution >= 0.6 is 11.8 Å². The molecule has 0 saturated carbocycles. The molecule has 1 saturated heterocycles. The van der Waals surface area contributed by atoms with E-state index < -0.39 is 0 Å². The van der Waals surface area contributed by atoms with Crippen LogP contribution < -0.4 is 0 Å². The number of aliphatic imine (C=N–C) groups is 1. The topological polar surface area (TPSA) is 15.6 Å². The van der Waals surface area contributed by atoms with Gasteiger partial charge in [-0.05, 0) is 5.92 Å². The Morgan fingerprint density at radius 3 is 2.50 bits per heavy atom. The molecule has 0 bridgehead atoms. The van der Waals surface area contributed by atoms with E-state index >= 15 is 0 Å². The number of rotatable bonds is 0. The Balaban J connectivity index is 0.000000336. The number of likely N-dealkylation sites (tertiary alicyclic amines) is 1. The van der Waals surface area contributed by atoms with Gasteiger partial charge in [-0.2, -0.15) is 0 Å². The summed E-state index contributed by atoms with van der Waals surface area (Å²) in [7, 11) is 0. The van der Waals surface area contributed by atoms with Gasteiger partial charge in [0.2, 0.25) is 0 Å². The molecular formula is C9H18N2S. The minimum Gasteiger partial charge on any atom is -0.351 e. The van der Waals surface area contributed by atoms with E-state index in [0.717, 1.165) is 12.5 Å². The molecule has 0 aromatic heterocycles. The standard InChI is InChI=1S/C7H12N2S.C2H6/c1-6-4-9(5-6)7-8-2-3-10-7;1-2/h6H,2-5H2,1H3;1-2H3. The van der Waals surface area contributed by atoms with E-state index in [1.807, 2.05) is 25.6 Å². The maximum atomic E-state index is 4.40. The van der Waals surface area contributed by atoms with E-state index in [1.54, 1.807) is 0 Å². The third-order valence-corrected chi connectivity index (χ3v) is 2.94. The summed E-state index contributed by atoms with van der Waals surface area (Å²) in [4.78, 5) is 6.78. The maximum Gasteiger partial charge on any atom is 0.159 e. The molecule has 2 rings (SSSR count). The van der Waals surface area contributed by atoms with Crippen molar-refractivity contribution in [2.75, 3.05) is 25.4 Å². The number of hydrogen-bond acceptors (Lipinski definition) is 3. The second-order valence-corrected chi connectivity index (χ2v) is 4.08. The van der Waals surface area contributed by atoms with Crippen LogP contribution in [0.1, 0.15) is 20.8 Å². The van der Waals surface area contributed by atoms with Crippen molar-refractivity contribution in [3.05, 3.63) is 0 Å². The lowest BCUT2D eigenvalue weighted by Gasteiger charge is -2.38. The molecule has 0 unspecified atom stereocenters. The normalized spacial score (nSPS) is 22.6. The molecule has 1 fully saturated rings. The van der Waals surface area contributed by atoms with Gasteiger partial charge in [0.1, 0.15) is 0 Å². The zero-order valence-electron chi connectivity index (χ0n) is 8.21. The summed E-state index contributed by atoms with van der Waals surface area (Å²) in [6.07, 6.45) is 0. The van der Waals surface area contributed by atoms with E-state index in [4.69, 9.17) is 0 Å². The van der Waals surface area contributed by atoms with E-state index in [-0.39, 0.29) is 0 Å². The molecular weight excluding hydrogens is 168 g/mol. The summed E-state index contributed by atoms with van der Waals surface area (Å²) in [5.74, 6) is 2.09. The molecule has 12 heavy (non-hydrogen) atoms. The molecule has 2 heterocycles. The summed E-state index contributed by atoms with van der Waals surface area (Å²) < 4.78 is 0. The largest absolute Gasteiger partial charge is 0.351 e. The minimum atomic E-state index is 0.892. The molecule has 0 amide bonds. The van der Waals surface area contributed by atoms with Gasteiger partial charge in [-0.15, -0.1) is 0 Å². The number of amidine groups is 1. The molecule has 0 N–H and O–H groups in total. The Hall–Kier alpha value is -0.180. The summed E-state index contributed by atoms with van der Waals surface area (Å²) in [6, 6.07) is 0. The van der Waals surface area contributed by atoms with Crippen LogP contribution in [0.5, 0.6) is 0 Å². The van der Waals surface area contributed by atoms with Crippen molar-refractivity contribution in [3.63, 3.8) is 0 Å². The van der Waals surface area contributed by atoms with Crippen LogP contribution in [0.2, 0.25) is 0 Å². The quantitative estimate of drug-likeness (QED) is 0.575. The zero-order chi connectivity index (χ0) is 8.97. The van der Waals surface area contributed by atoms with Crippen LogP contribution in [0.25, 0.3) is 0 Å². The summed E-state index contributed by atoms with van der Waals surface area (Å²) in [6.45, 7) is 9.78. The lowest BCUT2D eigenvalue weighted by atomic mass is 10.0. The van der Waals surface area contributed by atoms with Crippen molar-refractivity contribution >= 4 is 16.9 Å². The van der Waals surface area contributed by atoms with Gasteiger partial charge in [0.05, 0.1) is 6.54 Å². The van der Waals surface area contributed by atoms with E-state index in [9.17, 15) is 0 Å². The summed E-state index contributed by atoms with van der Waals surface area (Å²) in [5.41, 5.74) is 0. The Morgan fingerprint density at radius 2 is 2.08 bits per heavy atom. The zero-order valence-corrected chi connectivity index (χ0v) is 9.02. The van der Waals surface area contributed by atoms with Gasteiger partial charge >= 0.3 is 0 Å². The molecule has 0 aromatic carbocycles. The second-order valence-electron chi connectivity index (χ2n) is 3.02. The average molecular weight is 186 g/mol. The molecule has 2 aliphatic rings. The average Bonchev–Trinajstić information content (AvgIpc) is 2.55. The van der Waals surface area contributed by atoms with Crippen molar-refractivity contribution in [3.8, 4) is 0 Å². The molecule has 0 atom stereocenters. The van der Waals surface area contributed by atoms with Gasteiger partial charge in [0, 0.05) is 18.8 Å². The van der Waals surface area contributed by atoms with Crippen LogP contribution in [0.3, 0.4) is 0 Å². The van der Waals surface area contributed by atoms with Gasteiger partial charge < -0.3 is 4.90 Å². The monoisotopic (exact) mass is 186 g/mol. The minimum absolute atomic E-state index is 0.892. The highest BCUT2D eigenvalue weighted by atomic mass is 32.2. The van der Waals surface area contributed by atoms with E-state index in [1.165, 1.54) is 24.0 Å². The number of hydrogen-bond donors (Lipinski definition) is 0. The van der Waals surface area contributed by atoms with Crippen LogP contribution in [0.4, 0.5) is 0 Å². The Morgan fingerprint density at radius 1 is 1.42 bits per heavy atom. The van der Waals surface area contributed by atoms with E-state index in [0.29, 0.717) is 0 Å². The first kappa shape index (κ1) is 9.90. The molecule has 70 valence electrons. The Kier molecular flexibility index (Phi) is 3.92. The maximum absolute atomic E-state index is 4.40. The fraction of sp³-hybridized carbons (Fsp3) is 0.889. The smallest absolute Gasteiger partial charge is 0.159 e. The number of nitrogens with zero attached hydrogens (tertiary/aromatic N) is 2. The molecule has 0 radical (unpaired) electrons. The highest BCUT2D eigenvalue weighted by Crippen LogP contribution is 2.23. The van der Waals surface area contributed by atoms with Crippen molar-refractivity contribution in [2.24, 2.45) is 10.9 Å². The van der Waals surface area contributed by atoms with Gasteiger partial charge in [-0.3, -0.25) is 4.99 Å². The highest BCUT2D eigenvalue weighted by Gasteiger charge is 2.26. The first-order valence-corrected chi connectivity index (χ1v) is 5.77. The lowest BCUT2D eigenvalue weighted by Crippen LogP contribution is -2.47. The summed E-state index contributed by atoms with van der Waals surface area (Å²) >= 11 is 1.90. The van der Waals surface area contributed by atoms with Gasteiger partial charge in [0.15, 0.2) is 5.17 Å². The van der Waals surface area contributed by atoms with Crippen molar-refractivity contribution < 1.29 is 0 Å². The van der Waals surface area contributed by atoms with Crippen molar-refractivity contribution in [2.45, 2.75) is 20.8 Å². The van der Waals surface area contributed by atoms with Gasteiger partial charge in [-0.1, -0.05) is 32.5 Å². The first-order chi connectivity index (χ1) is 5.86. The van der Waals surface area contributed by atoms with Gasteiger partial charge in [-0.25, -0.2) is 0 Å². The third kappa shape index (κ3) is 2.16. The predicted molar refractivity (Wildman–Crippen MR) is 56.8 cm³/mol. The SMILES string of the molecule is CC.CC1CN(C2=NCCS2)C1. The molecule has 2 aliphatic heterocycles. The molecule has 0 spiro atoms. The van der Waals surface area contributed by atoms with Crippen LogP contribution in [-0.2, 0) is 0 Å². The number of thioether (sulfide) groups is 1. The fourth-order valence-corrected chi connectivity index (χ4v) is 2.25. The van der Waals surface area contributed by atoms with Gasteiger partial charge in [0.25, 0.3) is 0 Å². The van der Waals surface area contributed by atoms with Crippen molar-refractivity contribution in [1.29, 1.82) is 0 Å². The fourth-order valence-electron chi connectivity index (χ4n) is 1.37. The van der Waals surface area contributed by atoms with E-state index in [2.05, 4.69) is 16.8 Å². The third-order valence-electron chi connectivity index (χ3n) is 1.90. The van der Waals surface area contributed by atoms with Crippen molar-refractivity contribution in [1.82, 2.24) is 4.90 Å². The highest BCUT2D eigenvalue weighted by molar-refractivity contribution is 8.14. The Labute approximate surface area is 79.4 Å². The first-order valence-electron chi connectivity index (χ1n) is 4.78. The molecule has 0 aliphatic carbocycles. The van der Waals surface area contributed by atoms with Crippen LogP contribution in [0, 0.1) is 5.92 Å². The molecule has 3 heteroatoms. The summed E-state index contributed by atoms with van der Waals surface area (Å²) in [5, 5.41) is 1.29.